The van der Waals surface area contributed by atoms with Crippen molar-refractivity contribution in [2.45, 2.75) is 64.1 Å². The number of alkyl halides is 5. The molecule has 3 amide bonds. The van der Waals surface area contributed by atoms with Crippen molar-refractivity contribution in [3.63, 3.8) is 0 Å². The fraction of sp³-hybridized carbons (Fsp3) is 0.400. The lowest BCUT2D eigenvalue weighted by molar-refractivity contribution is -0.274. The molecule has 12 heteroatoms. The van der Waals surface area contributed by atoms with Gasteiger partial charge in [0.2, 0.25) is 5.91 Å². The van der Waals surface area contributed by atoms with E-state index in [2.05, 4.69) is 15.4 Å². The van der Waals surface area contributed by atoms with Gasteiger partial charge in [0.25, 0.3) is 11.8 Å². The Balaban J connectivity index is 1.41. The highest BCUT2D eigenvalue weighted by Crippen LogP contribution is 2.34. The van der Waals surface area contributed by atoms with Crippen molar-refractivity contribution in [2.75, 3.05) is 0 Å². The molecule has 0 bridgehead atoms. The van der Waals surface area contributed by atoms with E-state index in [0.717, 1.165) is 25.5 Å². The van der Waals surface area contributed by atoms with Gasteiger partial charge in [-0.2, -0.15) is 8.78 Å². The standard InChI is InChI=1S/C25H24F5N3O4/c1-13-9-17(5-8-20(13)37-25(28,29)30)24(26,27)23(36)31-11-15-4-6-18-16(10-15)12-33(22(18)35)19-7-3-14(2)32-21(19)34/h4-6,8-10,14,19H,3,7,11-12H2,1-2H3,(H,31,36)(H,32,34). The number of fused-ring (bicyclic) bond motifs is 1. The molecular formula is C25H24F5N3O4. The zero-order chi connectivity index (χ0) is 27.1. The highest BCUT2D eigenvalue weighted by molar-refractivity contribution is 6.01. The fourth-order valence-electron chi connectivity index (χ4n) is 4.51. The zero-order valence-corrected chi connectivity index (χ0v) is 19.9. The number of amides is 3. The van der Waals surface area contributed by atoms with Crippen LogP contribution in [0.5, 0.6) is 5.75 Å². The maximum atomic E-state index is 14.7. The smallest absolute Gasteiger partial charge is 0.406 e. The van der Waals surface area contributed by atoms with Gasteiger partial charge in [0.1, 0.15) is 11.8 Å². The van der Waals surface area contributed by atoms with E-state index >= 15 is 0 Å². The van der Waals surface area contributed by atoms with E-state index in [0.29, 0.717) is 29.2 Å². The number of hydrogen-bond donors (Lipinski definition) is 2. The van der Waals surface area contributed by atoms with Gasteiger partial charge < -0.3 is 20.3 Å². The number of ether oxygens (including phenoxy) is 1. The molecule has 0 radical (unpaired) electrons. The Labute approximate surface area is 209 Å². The molecule has 2 aliphatic heterocycles. The molecule has 2 N–H and O–H groups in total. The maximum absolute atomic E-state index is 14.7. The Hall–Kier alpha value is -3.70. The Bertz CT molecular complexity index is 1250. The summed E-state index contributed by atoms with van der Waals surface area (Å²) >= 11 is 0. The highest BCUT2D eigenvalue weighted by Gasteiger charge is 2.42. The van der Waals surface area contributed by atoms with E-state index in [-0.39, 0.29) is 36.5 Å². The lowest BCUT2D eigenvalue weighted by Gasteiger charge is -2.33. The van der Waals surface area contributed by atoms with E-state index in [1.165, 1.54) is 17.0 Å². The number of carbonyl (C=O) groups excluding carboxylic acids is 3. The van der Waals surface area contributed by atoms with Gasteiger partial charge in [-0.15, -0.1) is 13.2 Å². The van der Waals surface area contributed by atoms with Crippen molar-refractivity contribution in [3.8, 4) is 5.75 Å². The number of piperidine rings is 1. The molecule has 1 fully saturated rings. The van der Waals surface area contributed by atoms with Crippen LogP contribution in [0.2, 0.25) is 0 Å². The number of halogens is 5. The molecule has 0 aliphatic carbocycles. The van der Waals surface area contributed by atoms with Crippen LogP contribution in [0.15, 0.2) is 36.4 Å². The van der Waals surface area contributed by atoms with Gasteiger partial charge in [-0.05, 0) is 67.6 Å². The van der Waals surface area contributed by atoms with Crippen LogP contribution in [0.25, 0.3) is 0 Å². The predicted octanol–water partition coefficient (Wildman–Crippen LogP) is 3.92. The second-order valence-corrected chi connectivity index (χ2v) is 9.21. The lowest BCUT2D eigenvalue weighted by Crippen LogP contribution is -2.53. The molecule has 198 valence electrons. The van der Waals surface area contributed by atoms with Gasteiger partial charge in [-0.3, -0.25) is 14.4 Å². The van der Waals surface area contributed by atoms with E-state index in [1.54, 1.807) is 6.07 Å². The third-order valence-electron chi connectivity index (χ3n) is 6.44. The molecule has 2 atom stereocenters. The molecule has 2 aliphatic rings. The van der Waals surface area contributed by atoms with Crippen LogP contribution in [0.3, 0.4) is 0 Å². The van der Waals surface area contributed by atoms with Crippen LogP contribution < -0.4 is 15.4 Å². The number of carbonyl (C=O) groups is 3. The molecule has 2 unspecified atom stereocenters. The summed E-state index contributed by atoms with van der Waals surface area (Å²) in [7, 11) is 0. The largest absolute Gasteiger partial charge is 0.573 e. The van der Waals surface area contributed by atoms with Gasteiger partial charge in [0, 0.05) is 30.3 Å². The summed E-state index contributed by atoms with van der Waals surface area (Å²) in [4.78, 5) is 39.0. The fourth-order valence-corrected chi connectivity index (χ4v) is 4.51. The van der Waals surface area contributed by atoms with Crippen molar-refractivity contribution in [2.24, 2.45) is 0 Å². The van der Waals surface area contributed by atoms with Crippen LogP contribution in [-0.2, 0) is 28.6 Å². The zero-order valence-electron chi connectivity index (χ0n) is 19.9. The molecule has 37 heavy (non-hydrogen) atoms. The summed E-state index contributed by atoms with van der Waals surface area (Å²) in [5.41, 5.74) is 0.488. The summed E-state index contributed by atoms with van der Waals surface area (Å²) < 4.78 is 70.5. The van der Waals surface area contributed by atoms with Crippen molar-refractivity contribution >= 4 is 17.7 Å². The lowest BCUT2D eigenvalue weighted by atomic mass is 10.00. The summed E-state index contributed by atoms with van der Waals surface area (Å²) in [6.07, 6.45) is -3.71. The van der Waals surface area contributed by atoms with Gasteiger partial charge in [-0.1, -0.05) is 12.1 Å². The number of rotatable bonds is 6. The van der Waals surface area contributed by atoms with Crippen LogP contribution in [-0.4, -0.2) is 41.1 Å². The van der Waals surface area contributed by atoms with Crippen molar-refractivity contribution in [1.29, 1.82) is 0 Å². The number of benzene rings is 2. The van der Waals surface area contributed by atoms with E-state index in [1.807, 2.05) is 6.92 Å². The normalized spacial score (nSPS) is 19.9. The first kappa shape index (κ1) is 26.4. The highest BCUT2D eigenvalue weighted by atomic mass is 19.4. The topological polar surface area (TPSA) is 87.7 Å². The van der Waals surface area contributed by atoms with E-state index in [9.17, 15) is 36.3 Å². The number of nitrogens with one attached hydrogen (secondary N) is 2. The predicted molar refractivity (Wildman–Crippen MR) is 121 cm³/mol. The molecule has 1 saturated heterocycles. The second-order valence-electron chi connectivity index (χ2n) is 9.21. The van der Waals surface area contributed by atoms with Crippen molar-refractivity contribution in [1.82, 2.24) is 15.5 Å². The average Bonchev–Trinajstić information content (AvgIpc) is 3.13. The molecular weight excluding hydrogens is 501 g/mol. The molecule has 2 aromatic rings. The monoisotopic (exact) mass is 525 g/mol. The molecule has 0 spiro atoms. The first-order valence-corrected chi connectivity index (χ1v) is 11.5. The summed E-state index contributed by atoms with van der Waals surface area (Å²) in [6, 6.07) is 6.31. The van der Waals surface area contributed by atoms with Crippen LogP contribution in [0, 0.1) is 6.92 Å². The third-order valence-corrected chi connectivity index (χ3v) is 6.44. The van der Waals surface area contributed by atoms with Gasteiger partial charge in [-0.25, -0.2) is 0 Å². The molecule has 2 heterocycles. The first-order chi connectivity index (χ1) is 17.3. The van der Waals surface area contributed by atoms with Gasteiger partial charge in [0.05, 0.1) is 0 Å². The van der Waals surface area contributed by atoms with Gasteiger partial charge in [0.15, 0.2) is 0 Å². The minimum Gasteiger partial charge on any atom is -0.406 e. The first-order valence-electron chi connectivity index (χ1n) is 11.5. The Morgan fingerprint density at radius 2 is 1.84 bits per heavy atom. The summed E-state index contributed by atoms with van der Waals surface area (Å²) in [6.45, 7) is 2.96. The Morgan fingerprint density at radius 3 is 2.49 bits per heavy atom. The Kier molecular flexibility index (Phi) is 6.87. The minimum atomic E-state index is -4.98. The van der Waals surface area contributed by atoms with Crippen LogP contribution >= 0.6 is 0 Å². The Morgan fingerprint density at radius 1 is 1.11 bits per heavy atom. The third kappa shape index (κ3) is 5.52. The minimum absolute atomic E-state index is 0.0345. The van der Waals surface area contributed by atoms with Crippen molar-refractivity contribution in [3.05, 3.63) is 64.2 Å². The SMILES string of the molecule is Cc1cc(C(F)(F)C(=O)NCc2ccc3c(c2)CN(C2CCC(C)NC2=O)C3=O)ccc1OC(F)(F)F. The van der Waals surface area contributed by atoms with Crippen LogP contribution in [0.1, 0.15) is 52.4 Å². The summed E-state index contributed by atoms with van der Waals surface area (Å²) in [5, 5.41) is 4.97. The number of nitrogens with zero attached hydrogens (tertiary/aromatic N) is 1. The average molecular weight is 525 g/mol. The molecule has 7 nitrogen and oxygen atoms in total. The molecule has 0 aromatic heterocycles. The quantitative estimate of drug-likeness (QED) is 0.560. The molecule has 4 rings (SSSR count). The molecule has 0 saturated carbocycles. The summed E-state index contributed by atoms with van der Waals surface area (Å²) in [5.74, 6) is -6.81. The molecule has 2 aromatic carbocycles. The van der Waals surface area contributed by atoms with Gasteiger partial charge >= 0.3 is 12.3 Å². The van der Waals surface area contributed by atoms with E-state index in [4.69, 9.17) is 0 Å². The second kappa shape index (κ2) is 9.64. The number of hydrogen-bond acceptors (Lipinski definition) is 4. The maximum Gasteiger partial charge on any atom is 0.573 e. The van der Waals surface area contributed by atoms with Crippen molar-refractivity contribution < 1.29 is 41.1 Å². The van der Waals surface area contributed by atoms with Crippen LogP contribution in [0.4, 0.5) is 22.0 Å². The van der Waals surface area contributed by atoms with E-state index < -0.39 is 35.5 Å². The number of aryl methyl sites for hydroxylation is 1.